The maximum atomic E-state index is 4.33. The Morgan fingerprint density at radius 3 is 2.22 bits per heavy atom. The number of unbranched alkanes of at least 4 members (excludes halogenated alkanes) is 1. The van der Waals surface area contributed by atoms with Crippen LogP contribution < -0.4 is 5.32 Å². The highest BCUT2D eigenvalue weighted by molar-refractivity contribution is 6.12. The monoisotopic (exact) mass is 498 g/mol. The number of allylic oxidation sites excluding steroid dienone is 6. The summed E-state index contributed by atoms with van der Waals surface area (Å²) in [5, 5.41) is 3.20. The van der Waals surface area contributed by atoms with Crippen LogP contribution in [-0.2, 0) is 0 Å². The first-order chi connectivity index (χ1) is 17.8. The largest absolute Gasteiger partial charge is 0.372 e. The maximum absolute atomic E-state index is 4.33. The van der Waals surface area contributed by atoms with Gasteiger partial charge < -0.3 is 5.32 Å². The van der Waals surface area contributed by atoms with E-state index in [0.717, 1.165) is 24.0 Å². The summed E-state index contributed by atoms with van der Waals surface area (Å²) in [4.78, 5) is 4.33. The van der Waals surface area contributed by atoms with E-state index in [1.54, 1.807) is 0 Å². The minimum Gasteiger partial charge on any atom is -0.372 e. The molecule has 2 heteroatoms. The Hall–Kier alpha value is -3.13. The van der Waals surface area contributed by atoms with Crippen molar-refractivity contribution in [1.29, 1.82) is 0 Å². The number of benzene rings is 2. The SMILES string of the molecule is C=C(C)c1ccc(C)cc1C.CC.CC1=C(c2c(C)cccc2C2=CNCN=C2)C=CCC1.CCCC. The first kappa shape index (κ1) is 31.9. The molecule has 2 aromatic rings. The molecule has 1 aliphatic heterocycles. The third-order valence-electron chi connectivity index (χ3n) is 6.30. The van der Waals surface area contributed by atoms with Crippen LogP contribution in [0.1, 0.15) is 101 Å². The molecule has 4 rings (SSSR count). The number of nitrogens with one attached hydrogen (secondary N) is 1. The van der Waals surface area contributed by atoms with Gasteiger partial charge in [-0.25, -0.2) is 0 Å². The van der Waals surface area contributed by atoms with Gasteiger partial charge in [0.25, 0.3) is 0 Å². The molecule has 0 bridgehead atoms. The van der Waals surface area contributed by atoms with Crippen molar-refractivity contribution < 1.29 is 0 Å². The molecular weight excluding hydrogens is 448 g/mol. The van der Waals surface area contributed by atoms with Gasteiger partial charge in [-0.05, 0) is 80.9 Å². The molecule has 2 aliphatic rings. The molecule has 0 spiro atoms. The Morgan fingerprint density at radius 2 is 1.68 bits per heavy atom. The van der Waals surface area contributed by atoms with E-state index in [0.29, 0.717) is 6.67 Å². The molecular formula is C35H50N2. The van der Waals surface area contributed by atoms with E-state index >= 15 is 0 Å². The summed E-state index contributed by atoms with van der Waals surface area (Å²) >= 11 is 0. The van der Waals surface area contributed by atoms with Crippen LogP contribution in [0.25, 0.3) is 16.7 Å². The van der Waals surface area contributed by atoms with Crippen LogP contribution in [0.4, 0.5) is 0 Å². The fourth-order valence-electron chi connectivity index (χ4n) is 4.17. The molecule has 1 N–H and O–H groups in total. The Kier molecular flexibility index (Phi) is 15.0. The van der Waals surface area contributed by atoms with Crippen LogP contribution in [0.2, 0.25) is 0 Å². The fourth-order valence-corrected chi connectivity index (χ4v) is 4.17. The topological polar surface area (TPSA) is 24.4 Å². The summed E-state index contributed by atoms with van der Waals surface area (Å²) in [6, 6.07) is 12.9. The van der Waals surface area contributed by atoms with Crippen molar-refractivity contribution in [2.45, 2.75) is 88.0 Å². The van der Waals surface area contributed by atoms with Crippen LogP contribution in [0, 0.1) is 20.8 Å². The highest BCUT2D eigenvalue weighted by atomic mass is 15.0. The van der Waals surface area contributed by atoms with Crippen molar-refractivity contribution in [1.82, 2.24) is 5.32 Å². The standard InChI is InChI=1S/C18H20N2.C11H14.C4H10.C2H6/c1-13-6-3-4-8-16(13)18-14(2)7-5-9-17(18)15-10-19-12-20-11-15;1-8(2)11-6-5-9(3)7-10(11)4;1-3-4-2;1-2/h4-5,7-11,19H,3,6,12H2,1-2H3;5-7H,1H2,2-4H3;3-4H2,1-2H3;1-2H3. The van der Waals surface area contributed by atoms with Gasteiger partial charge >= 0.3 is 0 Å². The fraction of sp³-hybridized carbons (Fsp3) is 0.400. The van der Waals surface area contributed by atoms with Gasteiger partial charge in [-0.1, -0.05) is 112 Å². The number of aliphatic imine (C=N–C) groups is 1. The molecule has 0 fully saturated rings. The average Bonchev–Trinajstić information content (AvgIpc) is 2.91. The number of rotatable bonds is 4. The predicted octanol–water partition coefficient (Wildman–Crippen LogP) is 10.3. The molecule has 0 saturated carbocycles. The molecule has 2 aromatic carbocycles. The summed E-state index contributed by atoms with van der Waals surface area (Å²) in [6.07, 6.45) is 13.5. The van der Waals surface area contributed by atoms with E-state index in [9.17, 15) is 0 Å². The van der Waals surface area contributed by atoms with Gasteiger partial charge in [-0.2, -0.15) is 0 Å². The second kappa shape index (κ2) is 17.3. The quantitative estimate of drug-likeness (QED) is 0.445. The first-order valence-corrected chi connectivity index (χ1v) is 13.9. The van der Waals surface area contributed by atoms with E-state index in [-0.39, 0.29) is 0 Å². The van der Waals surface area contributed by atoms with Gasteiger partial charge in [0.2, 0.25) is 0 Å². The van der Waals surface area contributed by atoms with Crippen LogP contribution >= 0.6 is 0 Å². The van der Waals surface area contributed by atoms with E-state index in [1.807, 2.05) is 27.0 Å². The van der Waals surface area contributed by atoms with Crippen molar-refractivity contribution in [3.63, 3.8) is 0 Å². The summed E-state index contributed by atoms with van der Waals surface area (Å²) in [7, 11) is 0. The van der Waals surface area contributed by atoms with Crippen molar-refractivity contribution >= 4 is 22.9 Å². The second-order valence-electron chi connectivity index (χ2n) is 9.50. The number of hydrogen-bond donors (Lipinski definition) is 1. The Balaban J connectivity index is 0.000000340. The molecule has 0 radical (unpaired) electrons. The molecule has 1 heterocycles. The van der Waals surface area contributed by atoms with Crippen LogP contribution in [0.3, 0.4) is 0 Å². The summed E-state index contributed by atoms with van der Waals surface area (Å²) in [6.45, 7) is 23.7. The van der Waals surface area contributed by atoms with E-state index in [1.165, 1.54) is 57.4 Å². The summed E-state index contributed by atoms with van der Waals surface area (Å²) < 4.78 is 0. The predicted molar refractivity (Wildman–Crippen MR) is 169 cm³/mol. The van der Waals surface area contributed by atoms with E-state index in [4.69, 9.17) is 0 Å². The summed E-state index contributed by atoms with van der Waals surface area (Å²) in [5.74, 6) is 0. The van der Waals surface area contributed by atoms with E-state index < -0.39 is 0 Å². The van der Waals surface area contributed by atoms with Crippen LogP contribution in [-0.4, -0.2) is 12.9 Å². The molecule has 37 heavy (non-hydrogen) atoms. The zero-order chi connectivity index (χ0) is 27.8. The lowest BCUT2D eigenvalue weighted by atomic mass is 9.86. The van der Waals surface area contributed by atoms with Gasteiger partial charge in [0, 0.05) is 18.0 Å². The maximum Gasteiger partial charge on any atom is 0.107 e. The zero-order valence-electron chi connectivity index (χ0n) is 25.0. The molecule has 0 amide bonds. The lowest BCUT2D eigenvalue weighted by Gasteiger charge is -2.20. The number of aryl methyl sites for hydroxylation is 3. The lowest BCUT2D eigenvalue weighted by Crippen LogP contribution is -2.12. The minimum atomic E-state index is 0.673. The molecule has 200 valence electrons. The van der Waals surface area contributed by atoms with Gasteiger partial charge in [-0.3, -0.25) is 4.99 Å². The zero-order valence-corrected chi connectivity index (χ0v) is 25.0. The van der Waals surface area contributed by atoms with Gasteiger partial charge in [0.15, 0.2) is 0 Å². The third kappa shape index (κ3) is 10.0. The lowest BCUT2D eigenvalue weighted by molar-refractivity contribution is 0.882. The van der Waals surface area contributed by atoms with Gasteiger partial charge in [0.05, 0.1) is 0 Å². The Bertz CT molecular complexity index is 1120. The average molecular weight is 499 g/mol. The third-order valence-corrected chi connectivity index (χ3v) is 6.30. The van der Waals surface area contributed by atoms with E-state index in [2.05, 4.69) is 113 Å². The highest BCUT2D eigenvalue weighted by Gasteiger charge is 2.15. The van der Waals surface area contributed by atoms with Gasteiger partial charge in [-0.15, -0.1) is 0 Å². The smallest absolute Gasteiger partial charge is 0.107 e. The van der Waals surface area contributed by atoms with Crippen LogP contribution in [0.15, 0.2) is 71.9 Å². The summed E-state index contributed by atoms with van der Waals surface area (Å²) in [5.41, 5.74) is 13.0. The molecule has 0 aromatic heterocycles. The Morgan fingerprint density at radius 1 is 0.973 bits per heavy atom. The molecule has 0 atom stereocenters. The second-order valence-corrected chi connectivity index (χ2v) is 9.50. The normalized spacial score (nSPS) is 13.6. The van der Waals surface area contributed by atoms with Crippen molar-refractivity contribution in [2.24, 2.45) is 4.99 Å². The van der Waals surface area contributed by atoms with Crippen LogP contribution in [0.5, 0.6) is 0 Å². The Labute approximate surface area is 228 Å². The van der Waals surface area contributed by atoms with Crippen molar-refractivity contribution in [3.05, 3.63) is 100 Å². The first-order valence-electron chi connectivity index (χ1n) is 13.9. The number of nitrogens with zero attached hydrogens (tertiary/aromatic N) is 1. The number of hydrogen-bond acceptors (Lipinski definition) is 2. The highest BCUT2D eigenvalue weighted by Crippen LogP contribution is 2.34. The molecule has 1 aliphatic carbocycles. The van der Waals surface area contributed by atoms with Crippen molar-refractivity contribution in [2.75, 3.05) is 6.67 Å². The molecule has 0 saturated heterocycles. The van der Waals surface area contributed by atoms with Crippen molar-refractivity contribution in [3.8, 4) is 0 Å². The molecule has 0 unspecified atom stereocenters. The minimum absolute atomic E-state index is 0.673. The van der Waals surface area contributed by atoms with Gasteiger partial charge in [0.1, 0.15) is 6.67 Å². The molecule has 2 nitrogen and oxygen atoms in total.